The van der Waals surface area contributed by atoms with E-state index in [0.29, 0.717) is 11.6 Å². The zero-order valence-electron chi connectivity index (χ0n) is 12.1. The maximum absolute atomic E-state index is 5.81. The lowest BCUT2D eigenvalue weighted by atomic mass is 10.2. The molecule has 0 atom stereocenters. The number of rotatable bonds is 6. The molecular formula is C14H24N4S2. The highest BCUT2D eigenvalue weighted by Crippen LogP contribution is 2.18. The summed E-state index contributed by atoms with van der Waals surface area (Å²) >= 11 is 3.45. The highest BCUT2D eigenvalue weighted by atomic mass is 32.2. The Kier molecular flexibility index (Phi) is 6.95. The summed E-state index contributed by atoms with van der Waals surface area (Å²) in [7, 11) is 0. The maximum Gasteiger partial charge on any atom is 0.102 e. The highest BCUT2D eigenvalue weighted by Gasteiger charge is 2.06. The predicted octanol–water partition coefficient (Wildman–Crippen LogP) is 0.657. The number of hydrogen-bond donors (Lipinski definition) is 4. The summed E-state index contributed by atoms with van der Waals surface area (Å²) in [6.45, 7) is 4.27. The van der Waals surface area contributed by atoms with E-state index in [0.717, 1.165) is 44.6 Å². The average Bonchev–Trinajstić information content (AvgIpc) is 2.42. The van der Waals surface area contributed by atoms with E-state index in [4.69, 9.17) is 22.9 Å². The molecule has 8 N–H and O–H groups in total. The van der Waals surface area contributed by atoms with E-state index in [-0.39, 0.29) is 0 Å². The predicted molar refractivity (Wildman–Crippen MR) is 91.3 cm³/mol. The molecule has 0 saturated carbocycles. The summed E-state index contributed by atoms with van der Waals surface area (Å²) in [6, 6.07) is 4.01. The molecule has 0 fully saturated rings. The van der Waals surface area contributed by atoms with E-state index >= 15 is 0 Å². The largest absolute Gasteiger partial charge is 0.385 e. The van der Waals surface area contributed by atoms with E-state index < -0.39 is 0 Å². The summed E-state index contributed by atoms with van der Waals surface area (Å²) in [5.41, 5.74) is 23.3. The third-order valence-electron chi connectivity index (χ3n) is 2.63. The molecule has 0 aliphatic heterocycles. The van der Waals surface area contributed by atoms with Gasteiger partial charge in [-0.05, 0) is 36.5 Å². The normalized spacial score (nSPS) is 10.5. The van der Waals surface area contributed by atoms with Gasteiger partial charge in [0.2, 0.25) is 0 Å². The summed E-state index contributed by atoms with van der Waals surface area (Å²) in [5.74, 6) is 2.69. The minimum absolute atomic E-state index is 0.337. The molecule has 1 rings (SSSR count). The van der Waals surface area contributed by atoms with Crippen LogP contribution in [-0.2, 0) is 0 Å². The van der Waals surface area contributed by atoms with Gasteiger partial charge in [-0.3, -0.25) is 0 Å². The molecule has 0 aliphatic rings. The van der Waals surface area contributed by atoms with Gasteiger partial charge in [0.1, 0.15) is 11.6 Å². The Morgan fingerprint density at radius 2 is 1.15 bits per heavy atom. The summed E-state index contributed by atoms with van der Waals surface area (Å²) in [5, 5.41) is 1.76. The number of thioether (sulfide) groups is 2. The monoisotopic (exact) mass is 312 g/mol. The topological polar surface area (TPSA) is 104 Å². The molecule has 1 aromatic carbocycles. The maximum atomic E-state index is 5.81. The lowest BCUT2D eigenvalue weighted by Crippen LogP contribution is -2.28. The van der Waals surface area contributed by atoms with Crippen LogP contribution in [0, 0.1) is 0 Å². The number of hydrogen-bond acceptors (Lipinski definition) is 6. The van der Waals surface area contributed by atoms with Gasteiger partial charge < -0.3 is 22.9 Å². The Bertz CT molecular complexity index is 510. The van der Waals surface area contributed by atoms with Crippen molar-refractivity contribution in [2.45, 2.75) is 36.5 Å². The third-order valence-corrected chi connectivity index (χ3v) is 5.15. The van der Waals surface area contributed by atoms with Crippen molar-refractivity contribution in [3.8, 4) is 0 Å². The van der Waals surface area contributed by atoms with Crippen LogP contribution in [0.5, 0.6) is 0 Å². The van der Waals surface area contributed by atoms with Crippen molar-refractivity contribution < 1.29 is 0 Å². The minimum Gasteiger partial charge on any atom is -0.385 e. The first-order chi connectivity index (χ1) is 9.51. The molecule has 4 nitrogen and oxygen atoms in total. The fourth-order valence-corrected chi connectivity index (χ4v) is 3.59. The van der Waals surface area contributed by atoms with E-state index in [1.807, 2.05) is 12.1 Å². The van der Waals surface area contributed by atoms with Crippen LogP contribution in [0.3, 0.4) is 0 Å². The first-order valence-corrected chi connectivity index (χ1v) is 8.68. The van der Waals surface area contributed by atoms with Crippen molar-refractivity contribution in [3.63, 3.8) is 0 Å². The lowest BCUT2D eigenvalue weighted by molar-refractivity contribution is 1.09. The second-order valence-corrected chi connectivity index (χ2v) is 6.73. The molecule has 0 saturated heterocycles. The van der Waals surface area contributed by atoms with E-state index in [2.05, 4.69) is 13.8 Å². The quantitative estimate of drug-likeness (QED) is 0.575. The van der Waals surface area contributed by atoms with Crippen LogP contribution in [0.2, 0.25) is 0 Å². The molecule has 0 amide bonds. The molecule has 6 heteroatoms. The SMILES string of the molecule is CCCSc1cc(=C(N)N)c(SCCC)cc1=C(N)N. The Morgan fingerprint density at radius 1 is 0.800 bits per heavy atom. The molecule has 0 heterocycles. The second kappa shape index (κ2) is 8.21. The zero-order valence-corrected chi connectivity index (χ0v) is 13.7. The molecule has 20 heavy (non-hydrogen) atoms. The van der Waals surface area contributed by atoms with Gasteiger partial charge in [-0.25, -0.2) is 0 Å². The molecule has 0 bridgehead atoms. The smallest absolute Gasteiger partial charge is 0.102 e. The third kappa shape index (κ3) is 4.45. The van der Waals surface area contributed by atoms with E-state index in [1.54, 1.807) is 23.5 Å². The second-order valence-electron chi connectivity index (χ2n) is 4.45. The Hall–Kier alpha value is -1.14. The average molecular weight is 313 g/mol. The van der Waals surface area contributed by atoms with Gasteiger partial charge in [0.15, 0.2) is 0 Å². The van der Waals surface area contributed by atoms with Crippen LogP contribution in [-0.4, -0.2) is 11.5 Å². The lowest BCUT2D eigenvalue weighted by Gasteiger charge is -2.09. The zero-order chi connectivity index (χ0) is 15.1. The van der Waals surface area contributed by atoms with Crippen molar-refractivity contribution >= 4 is 35.2 Å². The summed E-state index contributed by atoms with van der Waals surface area (Å²) in [4.78, 5) is 2.08. The van der Waals surface area contributed by atoms with E-state index in [9.17, 15) is 0 Å². The van der Waals surface area contributed by atoms with Crippen LogP contribution < -0.4 is 33.4 Å². The summed E-state index contributed by atoms with van der Waals surface area (Å²) < 4.78 is 0. The van der Waals surface area contributed by atoms with Crippen LogP contribution in [0.15, 0.2) is 21.9 Å². The van der Waals surface area contributed by atoms with Crippen molar-refractivity contribution in [2.24, 2.45) is 22.9 Å². The van der Waals surface area contributed by atoms with Crippen molar-refractivity contribution in [2.75, 3.05) is 11.5 Å². The van der Waals surface area contributed by atoms with Gasteiger partial charge >= 0.3 is 0 Å². The molecule has 112 valence electrons. The van der Waals surface area contributed by atoms with Crippen LogP contribution in [0.25, 0.3) is 11.6 Å². The molecule has 0 aliphatic carbocycles. The van der Waals surface area contributed by atoms with Gasteiger partial charge in [-0.15, -0.1) is 23.5 Å². The van der Waals surface area contributed by atoms with E-state index in [1.165, 1.54) is 0 Å². The van der Waals surface area contributed by atoms with Crippen LogP contribution >= 0.6 is 23.5 Å². The fourth-order valence-electron chi connectivity index (χ4n) is 1.67. The Labute approximate surface area is 129 Å². The van der Waals surface area contributed by atoms with Crippen molar-refractivity contribution in [3.05, 3.63) is 22.6 Å². The standard InChI is InChI=1S/C14H24N4S2/c1-3-5-19-11-7-10(14(17)18)12(20-6-4-2)8-9(11)13(15)16/h7-8H,3-6,15-18H2,1-2H3. The Morgan fingerprint density at radius 3 is 1.40 bits per heavy atom. The van der Waals surface area contributed by atoms with Gasteiger partial charge in [-0.1, -0.05) is 13.8 Å². The highest BCUT2D eigenvalue weighted by molar-refractivity contribution is 7.99. The molecule has 0 aromatic heterocycles. The van der Waals surface area contributed by atoms with Crippen LogP contribution in [0.4, 0.5) is 0 Å². The van der Waals surface area contributed by atoms with Crippen LogP contribution in [0.1, 0.15) is 26.7 Å². The molecule has 0 spiro atoms. The fraction of sp³-hybridized carbons (Fsp3) is 0.429. The number of nitrogens with two attached hydrogens (primary N) is 4. The van der Waals surface area contributed by atoms with Gasteiger partial charge in [0, 0.05) is 20.2 Å². The first-order valence-electron chi connectivity index (χ1n) is 6.71. The van der Waals surface area contributed by atoms with Gasteiger partial charge in [0.05, 0.1) is 0 Å². The molecule has 0 unspecified atom stereocenters. The Balaban J connectivity index is 3.45. The minimum atomic E-state index is 0.337. The molecular weight excluding hydrogens is 288 g/mol. The van der Waals surface area contributed by atoms with Gasteiger partial charge in [0.25, 0.3) is 0 Å². The van der Waals surface area contributed by atoms with Gasteiger partial charge in [-0.2, -0.15) is 0 Å². The molecule has 0 radical (unpaired) electrons. The summed E-state index contributed by atoms with van der Waals surface area (Å²) in [6.07, 6.45) is 2.16. The van der Waals surface area contributed by atoms with Crippen molar-refractivity contribution in [1.82, 2.24) is 0 Å². The first kappa shape index (κ1) is 16.9. The number of benzene rings is 1. The molecule has 1 aromatic rings. The van der Waals surface area contributed by atoms with Crippen molar-refractivity contribution in [1.29, 1.82) is 0 Å².